The number of carbonyl (C=O) groups excluding carboxylic acids is 1. The van der Waals surface area contributed by atoms with Crippen molar-refractivity contribution in [3.63, 3.8) is 0 Å². The van der Waals surface area contributed by atoms with Crippen molar-refractivity contribution < 1.29 is 18.3 Å². The van der Waals surface area contributed by atoms with Crippen LogP contribution in [-0.4, -0.2) is 32.5 Å². The molecule has 6 nitrogen and oxygen atoms in total. The van der Waals surface area contributed by atoms with Gasteiger partial charge < -0.3 is 10.4 Å². The minimum Gasteiger partial charge on any atom is -0.389 e. The Morgan fingerprint density at radius 1 is 1.29 bits per heavy atom. The maximum absolute atomic E-state index is 12.1. The molecular weight excluding hydrogens is 292 g/mol. The van der Waals surface area contributed by atoms with Crippen molar-refractivity contribution in [2.75, 3.05) is 13.1 Å². The number of nitrogens with one attached hydrogen (secondary N) is 2. The van der Waals surface area contributed by atoms with E-state index in [0.29, 0.717) is 18.0 Å². The van der Waals surface area contributed by atoms with E-state index < -0.39 is 16.1 Å². The predicted molar refractivity (Wildman–Crippen MR) is 80.1 cm³/mol. The van der Waals surface area contributed by atoms with Crippen LogP contribution in [0.5, 0.6) is 0 Å². The number of benzene rings is 1. The average molecular weight is 314 g/mol. The molecular formula is C14H22N2O4S. The molecule has 0 fully saturated rings. The number of amides is 1. The third-order valence-electron chi connectivity index (χ3n) is 2.78. The van der Waals surface area contributed by atoms with E-state index in [1.54, 1.807) is 19.1 Å². The molecule has 1 atom stereocenters. The van der Waals surface area contributed by atoms with Gasteiger partial charge in [-0.25, -0.2) is 13.1 Å². The van der Waals surface area contributed by atoms with Gasteiger partial charge in [0.1, 0.15) is 0 Å². The third kappa shape index (κ3) is 5.82. The SMILES string of the molecule is CC(C)CNC(=O)CNS(=O)(=O)c1cccc(C(C)O)c1. The van der Waals surface area contributed by atoms with Gasteiger partial charge in [-0.2, -0.15) is 0 Å². The van der Waals surface area contributed by atoms with Crippen LogP contribution in [0, 0.1) is 5.92 Å². The molecule has 0 aliphatic heterocycles. The fourth-order valence-corrected chi connectivity index (χ4v) is 2.60. The van der Waals surface area contributed by atoms with E-state index in [9.17, 15) is 18.3 Å². The summed E-state index contributed by atoms with van der Waals surface area (Å²) in [5, 5.41) is 12.1. The number of sulfonamides is 1. The molecule has 1 rings (SSSR count). The lowest BCUT2D eigenvalue weighted by atomic mass is 10.1. The second-order valence-electron chi connectivity index (χ2n) is 5.27. The van der Waals surface area contributed by atoms with E-state index in [-0.39, 0.29) is 17.3 Å². The van der Waals surface area contributed by atoms with Crippen molar-refractivity contribution in [1.29, 1.82) is 0 Å². The van der Waals surface area contributed by atoms with Crippen molar-refractivity contribution >= 4 is 15.9 Å². The normalized spacial score (nSPS) is 13.2. The van der Waals surface area contributed by atoms with Gasteiger partial charge in [0.2, 0.25) is 15.9 Å². The Bertz CT molecular complexity index is 582. The van der Waals surface area contributed by atoms with Crippen LogP contribution < -0.4 is 10.0 Å². The fraction of sp³-hybridized carbons (Fsp3) is 0.500. The van der Waals surface area contributed by atoms with Crippen LogP contribution in [-0.2, 0) is 14.8 Å². The molecule has 0 aromatic heterocycles. The van der Waals surface area contributed by atoms with Crippen molar-refractivity contribution in [3.8, 4) is 0 Å². The lowest BCUT2D eigenvalue weighted by molar-refractivity contribution is -0.120. The van der Waals surface area contributed by atoms with Gasteiger partial charge in [0.05, 0.1) is 17.5 Å². The minimum atomic E-state index is -3.77. The highest BCUT2D eigenvalue weighted by atomic mass is 32.2. The Labute approximate surface area is 125 Å². The molecule has 1 unspecified atom stereocenters. The zero-order chi connectivity index (χ0) is 16.0. The second-order valence-corrected chi connectivity index (χ2v) is 7.04. The molecule has 0 saturated carbocycles. The molecule has 1 aromatic carbocycles. The maximum atomic E-state index is 12.1. The largest absolute Gasteiger partial charge is 0.389 e. The minimum absolute atomic E-state index is 0.0255. The Morgan fingerprint density at radius 3 is 2.52 bits per heavy atom. The first-order valence-electron chi connectivity index (χ1n) is 6.76. The van der Waals surface area contributed by atoms with Crippen LogP contribution >= 0.6 is 0 Å². The first-order valence-corrected chi connectivity index (χ1v) is 8.25. The van der Waals surface area contributed by atoms with Crippen LogP contribution in [0.25, 0.3) is 0 Å². The van der Waals surface area contributed by atoms with Gasteiger partial charge in [0.25, 0.3) is 0 Å². The Kier molecular flexibility index (Phi) is 6.32. The molecule has 21 heavy (non-hydrogen) atoms. The zero-order valence-electron chi connectivity index (χ0n) is 12.5. The third-order valence-corrected chi connectivity index (χ3v) is 4.18. The maximum Gasteiger partial charge on any atom is 0.241 e. The molecule has 0 spiro atoms. The molecule has 0 heterocycles. The number of hydrogen-bond donors (Lipinski definition) is 3. The topological polar surface area (TPSA) is 95.5 Å². The van der Waals surface area contributed by atoms with Crippen molar-refractivity contribution in [2.24, 2.45) is 5.92 Å². The van der Waals surface area contributed by atoms with E-state index in [2.05, 4.69) is 10.0 Å². The number of aliphatic hydroxyl groups is 1. The van der Waals surface area contributed by atoms with Gasteiger partial charge in [-0.05, 0) is 30.5 Å². The van der Waals surface area contributed by atoms with Crippen LogP contribution in [0.4, 0.5) is 0 Å². The fourth-order valence-electron chi connectivity index (χ4n) is 1.57. The molecule has 1 amide bonds. The molecule has 0 aliphatic rings. The van der Waals surface area contributed by atoms with Gasteiger partial charge >= 0.3 is 0 Å². The van der Waals surface area contributed by atoms with Gasteiger partial charge in [-0.1, -0.05) is 26.0 Å². The number of carbonyl (C=O) groups is 1. The summed E-state index contributed by atoms with van der Waals surface area (Å²) in [6.45, 7) is 5.64. The summed E-state index contributed by atoms with van der Waals surface area (Å²) in [5.74, 6) is -0.0766. The standard InChI is InChI=1S/C14H22N2O4S/c1-10(2)8-15-14(18)9-16-21(19,20)13-6-4-5-12(7-13)11(3)17/h4-7,10-11,16-17H,8-9H2,1-3H3,(H,15,18). The Morgan fingerprint density at radius 2 is 1.95 bits per heavy atom. The van der Waals surface area contributed by atoms with E-state index >= 15 is 0 Å². The summed E-state index contributed by atoms with van der Waals surface area (Å²) in [4.78, 5) is 11.5. The summed E-state index contributed by atoms with van der Waals surface area (Å²) in [6, 6.07) is 5.99. The van der Waals surface area contributed by atoms with Crippen molar-refractivity contribution in [2.45, 2.75) is 31.8 Å². The van der Waals surface area contributed by atoms with Crippen molar-refractivity contribution in [3.05, 3.63) is 29.8 Å². The highest BCUT2D eigenvalue weighted by Crippen LogP contribution is 2.16. The second kappa shape index (κ2) is 7.53. The molecule has 7 heteroatoms. The molecule has 1 aromatic rings. The highest BCUT2D eigenvalue weighted by Gasteiger charge is 2.16. The lowest BCUT2D eigenvalue weighted by Crippen LogP contribution is -2.38. The monoisotopic (exact) mass is 314 g/mol. The highest BCUT2D eigenvalue weighted by molar-refractivity contribution is 7.89. The molecule has 0 bridgehead atoms. The van der Waals surface area contributed by atoms with Crippen LogP contribution in [0.1, 0.15) is 32.4 Å². The Balaban J connectivity index is 2.69. The van der Waals surface area contributed by atoms with E-state index in [4.69, 9.17) is 0 Å². The van der Waals surface area contributed by atoms with Gasteiger partial charge in [-0.15, -0.1) is 0 Å². The van der Waals surface area contributed by atoms with E-state index in [0.717, 1.165) is 0 Å². The molecule has 0 aliphatic carbocycles. The Hall–Kier alpha value is -1.44. The first-order chi connectivity index (χ1) is 9.72. The summed E-state index contributed by atoms with van der Waals surface area (Å²) in [5.41, 5.74) is 0.502. The van der Waals surface area contributed by atoms with Crippen molar-refractivity contribution in [1.82, 2.24) is 10.0 Å². The number of hydrogen-bond acceptors (Lipinski definition) is 4. The molecule has 3 N–H and O–H groups in total. The van der Waals surface area contributed by atoms with E-state index in [1.165, 1.54) is 12.1 Å². The number of aliphatic hydroxyl groups excluding tert-OH is 1. The summed E-state index contributed by atoms with van der Waals surface area (Å²) in [7, 11) is -3.77. The van der Waals surface area contributed by atoms with Crippen LogP contribution in [0.3, 0.4) is 0 Å². The summed E-state index contributed by atoms with van der Waals surface area (Å²) in [6.07, 6.45) is -0.755. The molecule has 118 valence electrons. The number of rotatable bonds is 7. The smallest absolute Gasteiger partial charge is 0.241 e. The zero-order valence-corrected chi connectivity index (χ0v) is 13.3. The first kappa shape index (κ1) is 17.6. The van der Waals surface area contributed by atoms with Gasteiger partial charge in [0.15, 0.2) is 0 Å². The van der Waals surface area contributed by atoms with Crippen LogP contribution in [0.2, 0.25) is 0 Å². The summed E-state index contributed by atoms with van der Waals surface area (Å²) >= 11 is 0. The average Bonchev–Trinajstić information content (AvgIpc) is 2.43. The summed E-state index contributed by atoms with van der Waals surface area (Å²) < 4.78 is 26.4. The van der Waals surface area contributed by atoms with E-state index in [1.807, 2.05) is 13.8 Å². The van der Waals surface area contributed by atoms with Gasteiger partial charge in [0, 0.05) is 6.54 Å². The molecule has 0 saturated heterocycles. The lowest BCUT2D eigenvalue weighted by Gasteiger charge is -2.11. The quantitative estimate of drug-likeness (QED) is 0.693. The molecule has 0 radical (unpaired) electrons. The van der Waals surface area contributed by atoms with Gasteiger partial charge in [-0.3, -0.25) is 4.79 Å². The predicted octanol–water partition coefficient (Wildman–Crippen LogP) is 0.790. The van der Waals surface area contributed by atoms with Crippen LogP contribution in [0.15, 0.2) is 29.2 Å².